The molecule has 0 spiro atoms. The molecule has 1 aromatic rings. The monoisotopic (exact) mass is 144 g/mol. The van der Waals surface area contributed by atoms with E-state index in [0.717, 1.165) is 0 Å². The van der Waals surface area contributed by atoms with Crippen molar-refractivity contribution in [2.24, 2.45) is 0 Å². The number of hydrogen-bond donors (Lipinski definition) is 2. The lowest BCUT2D eigenvalue weighted by atomic mass is 10.3. The first-order chi connectivity index (χ1) is 4.88. The van der Waals surface area contributed by atoms with Gasteiger partial charge >= 0.3 is 0 Å². The largest absolute Gasteiger partial charge is 0.394 e. The Bertz CT molecular complexity index is 171. The molecule has 0 aliphatic rings. The summed E-state index contributed by atoms with van der Waals surface area (Å²) in [7, 11) is 0. The van der Waals surface area contributed by atoms with Crippen LogP contribution in [0.4, 0.5) is 0 Å². The normalized spacial score (nSPS) is 10.7. The lowest BCUT2D eigenvalue weighted by Gasteiger charge is -2.07. The van der Waals surface area contributed by atoms with E-state index in [2.05, 4.69) is 15.5 Å². The molecule has 0 fully saturated rings. The lowest BCUT2D eigenvalue weighted by molar-refractivity contribution is 0.144. The van der Waals surface area contributed by atoms with Crippen LogP contribution in [0.1, 0.15) is 6.04 Å². The molecule has 0 bridgehead atoms. The smallest absolute Gasteiger partial charge is 0.138 e. The Morgan fingerprint density at radius 3 is 2.50 bits per heavy atom. The van der Waals surface area contributed by atoms with Gasteiger partial charge in [0.2, 0.25) is 0 Å². The standard InChI is InChI=1S/C4H8N4O2/c9-1-4(2-10)8-3-5-6-7-8/h3-4,9-10H,1-2H2. The fourth-order valence-electron chi connectivity index (χ4n) is 0.561. The Hall–Kier alpha value is -1.01. The van der Waals surface area contributed by atoms with Gasteiger partial charge < -0.3 is 10.2 Å². The molecule has 0 aliphatic carbocycles. The van der Waals surface area contributed by atoms with Gasteiger partial charge in [-0.3, -0.25) is 0 Å². The van der Waals surface area contributed by atoms with Gasteiger partial charge in [-0.25, -0.2) is 4.68 Å². The first-order valence-corrected chi connectivity index (χ1v) is 2.82. The summed E-state index contributed by atoms with van der Waals surface area (Å²) >= 11 is 0. The molecule has 0 unspecified atom stereocenters. The summed E-state index contributed by atoms with van der Waals surface area (Å²) in [5.41, 5.74) is 0. The second kappa shape index (κ2) is 3.23. The summed E-state index contributed by atoms with van der Waals surface area (Å²) in [6.45, 7) is -0.330. The van der Waals surface area contributed by atoms with Crippen molar-refractivity contribution in [2.45, 2.75) is 6.04 Å². The zero-order valence-electron chi connectivity index (χ0n) is 5.25. The van der Waals surface area contributed by atoms with Crippen molar-refractivity contribution in [3.63, 3.8) is 0 Å². The maximum atomic E-state index is 8.62. The van der Waals surface area contributed by atoms with E-state index in [1.165, 1.54) is 11.0 Å². The van der Waals surface area contributed by atoms with Crippen LogP contribution in [0.15, 0.2) is 6.33 Å². The molecule has 0 radical (unpaired) electrons. The highest BCUT2D eigenvalue weighted by Gasteiger charge is 2.07. The van der Waals surface area contributed by atoms with Gasteiger partial charge in [-0.2, -0.15) is 0 Å². The van der Waals surface area contributed by atoms with Gasteiger partial charge in [0.25, 0.3) is 0 Å². The summed E-state index contributed by atoms with van der Waals surface area (Å²) in [5, 5.41) is 27.4. The Morgan fingerprint density at radius 1 is 1.40 bits per heavy atom. The van der Waals surface area contributed by atoms with Gasteiger partial charge in [-0.05, 0) is 10.4 Å². The van der Waals surface area contributed by atoms with Crippen molar-refractivity contribution in [3.8, 4) is 0 Å². The third kappa shape index (κ3) is 1.28. The highest BCUT2D eigenvalue weighted by molar-refractivity contribution is 4.61. The Labute approximate surface area is 57.1 Å². The molecule has 0 atom stereocenters. The molecule has 10 heavy (non-hydrogen) atoms. The molecule has 6 nitrogen and oxygen atoms in total. The van der Waals surface area contributed by atoms with Crippen molar-refractivity contribution in [1.82, 2.24) is 20.2 Å². The highest BCUT2D eigenvalue weighted by atomic mass is 16.3. The van der Waals surface area contributed by atoms with Gasteiger partial charge in [-0.15, -0.1) is 5.10 Å². The van der Waals surface area contributed by atoms with Crippen LogP contribution in [-0.4, -0.2) is 43.6 Å². The Balaban J connectivity index is 2.64. The van der Waals surface area contributed by atoms with E-state index in [1.54, 1.807) is 0 Å². The van der Waals surface area contributed by atoms with Crippen LogP contribution in [0.5, 0.6) is 0 Å². The van der Waals surface area contributed by atoms with Gasteiger partial charge in [-0.1, -0.05) is 0 Å². The molecule has 2 N–H and O–H groups in total. The Kier molecular flexibility index (Phi) is 2.30. The molecule has 0 amide bonds. The molecular weight excluding hydrogens is 136 g/mol. The summed E-state index contributed by atoms with van der Waals surface area (Å²) in [4.78, 5) is 0. The molecule has 1 aromatic heterocycles. The quantitative estimate of drug-likeness (QED) is 0.522. The molecule has 56 valence electrons. The first-order valence-electron chi connectivity index (χ1n) is 2.82. The fraction of sp³-hybridized carbons (Fsp3) is 0.750. The zero-order chi connectivity index (χ0) is 7.40. The molecular formula is C4H8N4O2. The molecule has 0 saturated carbocycles. The molecule has 1 heterocycles. The molecule has 6 heteroatoms. The number of aliphatic hydroxyl groups excluding tert-OH is 2. The number of nitrogens with zero attached hydrogens (tertiary/aromatic N) is 4. The summed E-state index contributed by atoms with van der Waals surface area (Å²) < 4.78 is 1.31. The van der Waals surface area contributed by atoms with Crippen LogP contribution < -0.4 is 0 Å². The van der Waals surface area contributed by atoms with E-state index in [0.29, 0.717) is 0 Å². The number of aliphatic hydroxyl groups is 2. The predicted molar refractivity (Wildman–Crippen MR) is 31.0 cm³/mol. The number of rotatable bonds is 3. The minimum atomic E-state index is -0.421. The van der Waals surface area contributed by atoms with E-state index >= 15 is 0 Å². The fourth-order valence-corrected chi connectivity index (χ4v) is 0.561. The van der Waals surface area contributed by atoms with Gasteiger partial charge in [0.15, 0.2) is 0 Å². The maximum absolute atomic E-state index is 8.62. The predicted octanol–water partition coefficient (Wildman–Crippen LogP) is -1.80. The maximum Gasteiger partial charge on any atom is 0.138 e. The summed E-state index contributed by atoms with van der Waals surface area (Å²) in [5.74, 6) is 0. The third-order valence-corrected chi connectivity index (χ3v) is 1.16. The molecule has 0 saturated heterocycles. The van der Waals surface area contributed by atoms with Crippen molar-refractivity contribution in [1.29, 1.82) is 0 Å². The van der Waals surface area contributed by atoms with Crippen molar-refractivity contribution < 1.29 is 10.2 Å². The minimum Gasteiger partial charge on any atom is -0.394 e. The second-order valence-corrected chi connectivity index (χ2v) is 1.81. The lowest BCUT2D eigenvalue weighted by Crippen LogP contribution is -2.17. The van der Waals surface area contributed by atoms with E-state index < -0.39 is 6.04 Å². The van der Waals surface area contributed by atoms with Crippen molar-refractivity contribution >= 4 is 0 Å². The number of aromatic nitrogens is 4. The van der Waals surface area contributed by atoms with Crippen LogP contribution in [0.3, 0.4) is 0 Å². The first kappa shape index (κ1) is 7.10. The summed E-state index contributed by atoms with van der Waals surface area (Å²) in [6, 6.07) is -0.421. The summed E-state index contributed by atoms with van der Waals surface area (Å²) in [6.07, 6.45) is 1.34. The molecule has 0 aromatic carbocycles. The minimum absolute atomic E-state index is 0.165. The van der Waals surface area contributed by atoms with Crippen LogP contribution in [0.2, 0.25) is 0 Å². The van der Waals surface area contributed by atoms with Gasteiger partial charge in [0, 0.05) is 0 Å². The average Bonchev–Trinajstić information content (AvgIpc) is 2.43. The highest BCUT2D eigenvalue weighted by Crippen LogP contribution is 1.97. The second-order valence-electron chi connectivity index (χ2n) is 1.81. The van der Waals surface area contributed by atoms with Crippen molar-refractivity contribution in [3.05, 3.63) is 6.33 Å². The number of tetrazole rings is 1. The SMILES string of the molecule is OCC(CO)n1cnnn1. The van der Waals surface area contributed by atoms with Gasteiger partial charge in [0.1, 0.15) is 12.4 Å². The van der Waals surface area contributed by atoms with Crippen LogP contribution >= 0.6 is 0 Å². The Morgan fingerprint density at radius 2 is 2.10 bits per heavy atom. The molecule has 0 aliphatic heterocycles. The average molecular weight is 144 g/mol. The third-order valence-electron chi connectivity index (χ3n) is 1.16. The van der Waals surface area contributed by atoms with Gasteiger partial charge in [0.05, 0.1) is 13.2 Å². The topological polar surface area (TPSA) is 84.1 Å². The van der Waals surface area contributed by atoms with Crippen LogP contribution in [0.25, 0.3) is 0 Å². The van der Waals surface area contributed by atoms with Crippen molar-refractivity contribution in [2.75, 3.05) is 13.2 Å². The van der Waals surface area contributed by atoms with E-state index in [9.17, 15) is 0 Å². The van der Waals surface area contributed by atoms with E-state index in [4.69, 9.17) is 10.2 Å². The zero-order valence-corrected chi connectivity index (χ0v) is 5.25. The number of hydrogen-bond acceptors (Lipinski definition) is 5. The van der Waals surface area contributed by atoms with Crippen LogP contribution in [-0.2, 0) is 0 Å². The van der Waals surface area contributed by atoms with E-state index in [-0.39, 0.29) is 13.2 Å². The van der Waals surface area contributed by atoms with E-state index in [1.807, 2.05) is 0 Å². The van der Waals surface area contributed by atoms with Crippen LogP contribution in [0, 0.1) is 0 Å². The molecule has 1 rings (SSSR count).